The number of anilines is 1. The van der Waals surface area contributed by atoms with E-state index in [1.54, 1.807) is 12.1 Å². The molecule has 0 N–H and O–H groups in total. The van der Waals surface area contributed by atoms with Crippen LogP contribution in [0.4, 0.5) is 5.69 Å². The number of nitrogens with zero attached hydrogens (tertiary/aromatic N) is 2. The number of hydrogen-bond acceptors (Lipinski definition) is 5. The van der Waals surface area contributed by atoms with Gasteiger partial charge in [0.1, 0.15) is 11.5 Å². The van der Waals surface area contributed by atoms with Crippen LogP contribution in [0.25, 0.3) is 0 Å². The lowest BCUT2D eigenvalue weighted by molar-refractivity contribution is -0.123. The maximum Gasteiger partial charge on any atom is 0.251 e. The van der Waals surface area contributed by atoms with Crippen LogP contribution < -0.4 is 14.4 Å². The molecule has 0 aromatic heterocycles. The maximum absolute atomic E-state index is 13.2. The second-order valence-electron chi connectivity index (χ2n) is 8.89. The number of piperidine rings is 1. The van der Waals surface area contributed by atoms with Gasteiger partial charge in [-0.25, -0.2) is 4.90 Å². The fourth-order valence-electron chi connectivity index (χ4n) is 4.77. The molecule has 0 radical (unpaired) electrons. The van der Waals surface area contributed by atoms with Gasteiger partial charge in [0, 0.05) is 0 Å². The van der Waals surface area contributed by atoms with Gasteiger partial charge >= 0.3 is 0 Å². The maximum atomic E-state index is 13.2. The van der Waals surface area contributed by atoms with Gasteiger partial charge in [-0.1, -0.05) is 19.1 Å². The summed E-state index contributed by atoms with van der Waals surface area (Å²) in [5.74, 6) is 2.04. The van der Waals surface area contributed by atoms with Crippen molar-refractivity contribution in [2.75, 3.05) is 31.2 Å². The molecule has 1 atom stereocenters. The van der Waals surface area contributed by atoms with Crippen LogP contribution in [0.5, 0.6) is 11.5 Å². The van der Waals surface area contributed by atoms with Gasteiger partial charge in [-0.2, -0.15) is 0 Å². The van der Waals surface area contributed by atoms with E-state index >= 15 is 0 Å². The highest BCUT2D eigenvalue weighted by atomic mass is 16.5. The molecule has 2 saturated heterocycles. The molecule has 2 heterocycles. The summed E-state index contributed by atoms with van der Waals surface area (Å²) >= 11 is 0. The standard InChI is InChI=1S/C27H34N2O4/c1-3-17-33-24-11-7-22(8-12-24)29-26(30)19-25(27(29)31)28-15-13-21(14-16-28)18-20-5-9-23(10-6-20)32-4-2/h5-12,21,25H,3-4,13-19H2,1-2H3/t25-/m0/s1. The van der Waals surface area contributed by atoms with E-state index in [1.807, 2.05) is 31.2 Å². The van der Waals surface area contributed by atoms with Crippen LogP contribution in [-0.4, -0.2) is 49.1 Å². The molecule has 4 rings (SSSR count). The predicted octanol–water partition coefficient (Wildman–Crippen LogP) is 4.46. The first-order valence-corrected chi connectivity index (χ1v) is 12.1. The number of rotatable bonds is 9. The van der Waals surface area contributed by atoms with Crippen LogP contribution in [0.15, 0.2) is 48.5 Å². The largest absolute Gasteiger partial charge is 0.494 e. The molecule has 0 spiro atoms. The quantitative estimate of drug-likeness (QED) is 0.528. The van der Waals surface area contributed by atoms with E-state index in [1.165, 1.54) is 10.5 Å². The Bertz CT molecular complexity index is 934. The van der Waals surface area contributed by atoms with Crippen molar-refractivity contribution in [1.29, 1.82) is 0 Å². The molecule has 6 heteroatoms. The molecule has 2 aliphatic rings. The fraction of sp³-hybridized carbons (Fsp3) is 0.481. The van der Waals surface area contributed by atoms with Crippen molar-refractivity contribution in [2.24, 2.45) is 5.92 Å². The predicted molar refractivity (Wildman–Crippen MR) is 129 cm³/mol. The van der Waals surface area contributed by atoms with Crippen molar-refractivity contribution in [3.63, 3.8) is 0 Å². The number of carbonyl (C=O) groups is 2. The summed E-state index contributed by atoms with van der Waals surface area (Å²) in [6.07, 6.45) is 4.31. The van der Waals surface area contributed by atoms with Crippen molar-refractivity contribution in [3.05, 3.63) is 54.1 Å². The smallest absolute Gasteiger partial charge is 0.251 e. The van der Waals surface area contributed by atoms with E-state index in [9.17, 15) is 9.59 Å². The number of imide groups is 1. The number of carbonyl (C=O) groups excluding carboxylic acids is 2. The number of hydrogen-bond donors (Lipinski definition) is 0. The highest BCUT2D eigenvalue weighted by Gasteiger charge is 2.43. The minimum absolute atomic E-state index is 0.104. The van der Waals surface area contributed by atoms with Crippen LogP contribution >= 0.6 is 0 Å². The summed E-state index contributed by atoms with van der Waals surface area (Å²) in [7, 11) is 0. The Labute approximate surface area is 196 Å². The minimum atomic E-state index is -0.347. The number of ether oxygens (including phenoxy) is 2. The van der Waals surface area contributed by atoms with E-state index < -0.39 is 0 Å². The number of likely N-dealkylation sites (tertiary alicyclic amines) is 1. The van der Waals surface area contributed by atoms with Crippen molar-refractivity contribution >= 4 is 17.5 Å². The Hall–Kier alpha value is -2.86. The normalized spacial score (nSPS) is 19.8. The first-order valence-electron chi connectivity index (χ1n) is 12.1. The first kappa shape index (κ1) is 23.3. The van der Waals surface area contributed by atoms with Gasteiger partial charge in [0.15, 0.2) is 0 Å². The summed E-state index contributed by atoms with van der Waals surface area (Å²) in [6, 6.07) is 15.3. The zero-order valence-corrected chi connectivity index (χ0v) is 19.7. The molecule has 0 saturated carbocycles. The van der Waals surface area contributed by atoms with Crippen molar-refractivity contribution < 1.29 is 19.1 Å². The van der Waals surface area contributed by atoms with E-state index in [0.717, 1.165) is 50.3 Å². The molecule has 0 aliphatic carbocycles. The Balaban J connectivity index is 1.31. The first-order chi connectivity index (χ1) is 16.1. The van der Waals surface area contributed by atoms with E-state index in [4.69, 9.17) is 9.47 Å². The van der Waals surface area contributed by atoms with E-state index in [-0.39, 0.29) is 24.3 Å². The lowest BCUT2D eigenvalue weighted by Gasteiger charge is -2.34. The summed E-state index contributed by atoms with van der Waals surface area (Å²) in [5.41, 5.74) is 1.95. The second-order valence-corrected chi connectivity index (χ2v) is 8.89. The van der Waals surface area contributed by atoms with Crippen LogP contribution in [0, 0.1) is 5.92 Å². The lowest BCUT2D eigenvalue weighted by atomic mass is 9.89. The topological polar surface area (TPSA) is 59.1 Å². The Kier molecular flexibility index (Phi) is 7.65. The number of benzene rings is 2. The van der Waals surface area contributed by atoms with Crippen molar-refractivity contribution in [3.8, 4) is 11.5 Å². The third-order valence-electron chi connectivity index (χ3n) is 6.54. The second kappa shape index (κ2) is 10.8. The van der Waals surface area contributed by atoms with Crippen LogP contribution in [0.1, 0.15) is 45.1 Å². The molecule has 2 aliphatic heterocycles. The Morgan fingerprint density at radius 2 is 1.52 bits per heavy atom. The van der Waals surface area contributed by atoms with Gasteiger partial charge in [-0.05, 0) is 93.6 Å². The Morgan fingerprint density at radius 3 is 2.15 bits per heavy atom. The molecule has 2 aromatic carbocycles. The number of amides is 2. The highest BCUT2D eigenvalue weighted by Crippen LogP contribution is 2.30. The van der Waals surface area contributed by atoms with Gasteiger partial charge < -0.3 is 9.47 Å². The third-order valence-corrected chi connectivity index (χ3v) is 6.54. The monoisotopic (exact) mass is 450 g/mol. The summed E-state index contributed by atoms with van der Waals surface area (Å²) in [6.45, 7) is 7.07. The molecule has 0 bridgehead atoms. The van der Waals surface area contributed by atoms with Gasteiger partial charge in [0.05, 0.1) is 31.4 Å². The summed E-state index contributed by atoms with van der Waals surface area (Å²) < 4.78 is 11.1. The van der Waals surface area contributed by atoms with Crippen LogP contribution in [0.2, 0.25) is 0 Å². The van der Waals surface area contributed by atoms with Gasteiger partial charge in [-0.3, -0.25) is 14.5 Å². The highest BCUT2D eigenvalue weighted by molar-refractivity contribution is 6.22. The van der Waals surface area contributed by atoms with Gasteiger partial charge in [0.25, 0.3) is 5.91 Å². The van der Waals surface area contributed by atoms with Crippen LogP contribution in [0.3, 0.4) is 0 Å². The molecule has 2 fully saturated rings. The molecule has 2 amide bonds. The molecule has 2 aromatic rings. The Morgan fingerprint density at radius 1 is 0.879 bits per heavy atom. The van der Waals surface area contributed by atoms with Crippen molar-refractivity contribution in [1.82, 2.24) is 4.90 Å². The molecule has 176 valence electrons. The third kappa shape index (κ3) is 5.56. The molecular formula is C27H34N2O4. The zero-order chi connectivity index (χ0) is 23.2. The van der Waals surface area contributed by atoms with E-state index in [2.05, 4.69) is 24.0 Å². The molecule has 0 unspecified atom stereocenters. The average molecular weight is 451 g/mol. The van der Waals surface area contributed by atoms with E-state index in [0.29, 0.717) is 24.8 Å². The fourth-order valence-corrected chi connectivity index (χ4v) is 4.77. The lowest BCUT2D eigenvalue weighted by Crippen LogP contribution is -2.46. The summed E-state index contributed by atoms with van der Waals surface area (Å²) in [5, 5.41) is 0. The van der Waals surface area contributed by atoms with Gasteiger partial charge in [-0.15, -0.1) is 0 Å². The van der Waals surface area contributed by atoms with Crippen molar-refractivity contribution in [2.45, 2.75) is 52.0 Å². The molecular weight excluding hydrogens is 416 g/mol. The zero-order valence-electron chi connectivity index (χ0n) is 19.7. The molecule has 33 heavy (non-hydrogen) atoms. The average Bonchev–Trinajstić information content (AvgIpc) is 3.14. The minimum Gasteiger partial charge on any atom is -0.494 e. The van der Waals surface area contributed by atoms with Gasteiger partial charge in [0.2, 0.25) is 5.91 Å². The molecule has 6 nitrogen and oxygen atoms in total. The van der Waals surface area contributed by atoms with Crippen LogP contribution in [-0.2, 0) is 16.0 Å². The summed E-state index contributed by atoms with van der Waals surface area (Å²) in [4.78, 5) is 29.4. The SMILES string of the molecule is CCCOc1ccc(N2C(=O)C[C@H](N3CCC(Cc4ccc(OCC)cc4)CC3)C2=O)cc1.